The van der Waals surface area contributed by atoms with Gasteiger partial charge in [-0.1, -0.05) is 25.1 Å². The summed E-state index contributed by atoms with van der Waals surface area (Å²) in [5, 5.41) is 3.57. The highest BCUT2D eigenvalue weighted by Crippen LogP contribution is 2.30. The Morgan fingerprint density at radius 3 is 2.71 bits per heavy atom. The second-order valence-electron chi connectivity index (χ2n) is 5.11. The topological polar surface area (TPSA) is 24.1 Å². The summed E-state index contributed by atoms with van der Waals surface area (Å²) in [6, 6.07) is 10.7. The van der Waals surface area contributed by atoms with Gasteiger partial charge in [0.05, 0.1) is 0 Å². The van der Waals surface area contributed by atoms with Crippen molar-refractivity contribution in [3.63, 3.8) is 0 Å². The molecule has 1 aromatic carbocycles. The molecule has 0 spiro atoms. The summed E-state index contributed by atoms with van der Waals surface area (Å²) in [4.78, 5) is 0. The number of nitrogens with one attached hydrogen (secondary N) is 2. The maximum Gasteiger partial charge on any atom is 0.0342 e. The molecule has 2 nitrogen and oxygen atoms in total. The summed E-state index contributed by atoms with van der Waals surface area (Å²) >= 11 is 0. The standard InChI is InChI=1S/C14H21FN2/c1-11-7-8-12(10-16-15)9-14(11)17-13-5-3-2-4-6-13/h2-6,11-12,14,16-17H,7-10H2,1H3. The fourth-order valence-corrected chi connectivity index (χ4v) is 2.65. The van der Waals surface area contributed by atoms with E-state index >= 15 is 0 Å². The lowest BCUT2D eigenvalue weighted by molar-refractivity contribution is 0.216. The van der Waals surface area contributed by atoms with Crippen molar-refractivity contribution in [3.05, 3.63) is 30.3 Å². The summed E-state index contributed by atoms with van der Waals surface area (Å²) in [6.45, 7) is 2.76. The van der Waals surface area contributed by atoms with E-state index in [0.717, 1.165) is 12.8 Å². The van der Waals surface area contributed by atoms with E-state index in [0.29, 0.717) is 24.4 Å². The molecule has 3 atom stereocenters. The minimum absolute atomic E-state index is 0.456. The van der Waals surface area contributed by atoms with Crippen molar-refractivity contribution in [1.82, 2.24) is 5.54 Å². The zero-order valence-electron chi connectivity index (χ0n) is 10.3. The van der Waals surface area contributed by atoms with E-state index in [1.807, 2.05) is 23.7 Å². The largest absolute Gasteiger partial charge is 0.382 e. The first-order valence-corrected chi connectivity index (χ1v) is 6.44. The highest BCUT2D eigenvalue weighted by atomic mass is 19.2. The normalized spacial score (nSPS) is 28.9. The van der Waals surface area contributed by atoms with Gasteiger partial charge in [-0.3, -0.25) is 0 Å². The van der Waals surface area contributed by atoms with Gasteiger partial charge in [0.1, 0.15) is 0 Å². The second-order valence-corrected chi connectivity index (χ2v) is 5.11. The molecule has 1 aliphatic carbocycles. The molecule has 94 valence electrons. The van der Waals surface area contributed by atoms with Crippen molar-refractivity contribution in [2.75, 3.05) is 11.9 Å². The predicted octanol–water partition coefficient (Wildman–Crippen LogP) is 3.38. The van der Waals surface area contributed by atoms with E-state index in [9.17, 15) is 4.48 Å². The maximum atomic E-state index is 12.2. The van der Waals surface area contributed by atoms with E-state index < -0.39 is 0 Å². The minimum atomic E-state index is 0.456. The number of anilines is 1. The van der Waals surface area contributed by atoms with Crippen LogP contribution < -0.4 is 10.9 Å². The van der Waals surface area contributed by atoms with Gasteiger partial charge in [-0.25, -0.2) is 0 Å². The zero-order chi connectivity index (χ0) is 12.1. The third-order valence-corrected chi connectivity index (χ3v) is 3.80. The van der Waals surface area contributed by atoms with Crippen LogP contribution in [-0.4, -0.2) is 12.6 Å². The van der Waals surface area contributed by atoms with Gasteiger partial charge in [-0.2, -0.15) is 5.54 Å². The smallest absolute Gasteiger partial charge is 0.0342 e. The van der Waals surface area contributed by atoms with Crippen molar-refractivity contribution in [1.29, 1.82) is 0 Å². The fourth-order valence-electron chi connectivity index (χ4n) is 2.65. The minimum Gasteiger partial charge on any atom is -0.382 e. The van der Waals surface area contributed by atoms with Crippen molar-refractivity contribution >= 4 is 5.69 Å². The molecule has 0 aromatic heterocycles. The number of benzene rings is 1. The molecule has 0 amide bonds. The predicted molar refractivity (Wildman–Crippen MR) is 69.5 cm³/mol. The summed E-state index contributed by atoms with van der Waals surface area (Å²) in [5.74, 6) is 1.11. The molecule has 0 radical (unpaired) electrons. The van der Waals surface area contributed by atoms with Gasteiger partial charge in [0.25, 0.3) is 0 Å². The average molecular weight is 236 g/mol. The summed E-state index contributed by atoms with van der Waals surface area (Å²) in [7, 11) is 0. The molecule has 0 saturated heterocycles. The van der Waals surface area contributed by atoms with Crippen molar-refractivity contribution in [2.24, 2.45) is 11.8 Å². The molecule has 2 rings (SSSR count). The van der Waals surface area contributed by atoms with Crippen LogP contribution in [0.5, 0.6) is 0 Å². The maximum absolute atomic E-state index is 12.2. The molecule has 1 aliphatic rings. The highest BCUT2D eigenvalue weighted by molar-refractivity contribution is 5.43. The molecule has 0 bridgehead atoms. The summed E-state index contributed by atoms with van der Waals surface area (Å²) in [6.07, 6.45) is 3.36. The molecule has 0 aliphatic heterocycles. The van der Waals surface area contributed by atoms with Gasteiger partial charge in [0.15, 0.2) is 0 Å². The van der Waals surface area contributed by atoms with Crippen LogP contribution in [0.25, 0.3) is 0 Å². The Morgan fingerprint density at radius 1 is 1.24 bits per heavy atom. The molecule has 3 unspecified atom stereocenters. The fraction of sp³-hybridized carbons (Fsp3) is 0.571. The Kier molecular flexibility index (Phi) is 4.37. The van der Waals surface area contributed by atoms with E-state index in [1.54, 1.807) is 0 Å². The molecule has 1 saturated carbocycles. The van der Waals surface area contributed by atoms with Crippen LogP contribution in [0.15, 0.2) is 30.3 Å². The third-order valence-electron chi connectivity index (χ3n) is 3.80. The quantitative estimate of drug-likeness (QED) is 0.783. The molecule has 1 aromatic rings. The van der Waals surface area contributed by atoms with E-state index in [1.165, 1.54) is 12.1 Å². The zero-order valence-corrected chi connectivity index (χ0v) is 10.3. The third kappa shape index (κ3) is 3.43. The Balaban J connectivity index is 1.94. The number of halogens is 1. The van der Waals surface area contributed by atoms with Crippen molar-refractivity contribution in [2.45, 2.75) is 32.2 Å². The van der Waals surface area contributed by atoms with Crippen LogP contribution in [0.4, 0.5) is 10.2 Å². The first kappa shape index (κ1) is 12.4. The van der Waals surface area contributed by atoms with Gasteiger partial charge >= 0.3 is 0 Å². The Morgan fingerprint density at radius 2 is 2.00 bits per heavy atom. The van der Waals surface area contributed by atoms with Crippen LogP contribution >= 0.6 is 0 Å². The number of hydrogen-bond acceptors (Lipinski definition) is 2. The first-order chi connectivity index (χ1) is 8.29. The van der Waals surface area contributed by atoms with Crippen LogP contribution in [0.3, 0.4) is 0 Å². The number of rotatable bonds is 4. The molecule has 3 heteroatoms. The molecule has 17 heavy (non-hydrogen) atoms. The van der Waals surface area contributed by atoms with E-state index in [2.05, 4.69) is 24.4 Å². The number of hydrogen-bond donors (Lipinski definition) is 2. The van der Waals surface area contributed by atoms with E-state index in [-0.39, 0.29) is 0 Å². The monoisotopic (exact) mass is 236 g/mol. The van der Waals surface area contributed by atoms with Gasteiger partial charge < -0.3 is 5.32 Å². The molecule has 1 fully saturated rings. The van der Waals surface area contributed by atoms with Crippen LogP contribution in [-0.2, 0) is 0 Å². The molecular formula is C14H21FN2. The number of para-hydroxylation sites is 1. The molecule has 2 N–H and O–H groups in total. The lowest BCUT2D eigenvalue weighted by Crippen LogP contribution is -2.36. The SMILES string of the molecule is CC1CCC(CNF)CC1Nc1ccccc1. The second kappa shape index (κ2) is 6.01. The molecule has 0 heterocycles. The first-order valence-electron chi connectivity index (χ1n) is 6.44. The summed E-state index contributed by atoms with van der Waals surface area (Å²) in [5.41, 5.74) is 2.97. The molecular weight excluding hydrogens is 215 g/mol. The van der Waals surface area contributed by atoms with Crippen LogP contribution in [0.1, 0.15) is 26.2 Å². The van der Waals surface area contributed by atoms with Crippen LogP contribution in [0, 0.1) is 11.8 Å². The van der Waals surface area contributed by atoms with Crippen molar-refractivity contribution < 1.29 is 4.48 Å². The van der Waals surface area contributed by atoms with Crippen LogP contribution in [0.2, 0.25) is 0 Å². The van der Waals surface area contributed by atoms with Crippen molar-refractivity contribution in [3.8, 4) is 0 Å². The Hall–Kier alpha value is -1.09. The average Bonchev–Trinajstić information content (AvgIpc) is 2.35. The lowest BCUT2D eigenvalue weighted by atomic mass is 9.79. The van der Waals surface area contributed by atoms with Gasteiger partial charge in [-0.05, 0) is 43.2 Å². The summed E-state index contributed by atoms with van der Waals surface area (Å²) < 4.78 is 12.2. The Labute approximate surface area is 103 Å². The van der Waals surface area contributed by atoms with Gasteiger partial charge in [-0.15, -0.1) is 4.48 Å². The lowest BCUT2D eigenvalue weighted by Gasteiger charge is -2.35. The Bertz CT molecular complexity index is 328. The van der Waals surface area contributed by atoms with Gasteiger partial charge in [0, 0.05) is 18.3 Å². The van der Waals surface area contributed by atoms with Gasteiger partial charge in [0.2, 0.25) is 0 Å². The van der Waals surface area contributed by atoms with E-state index in [4.69, 9.17) is 0 Å². The highest BCUT2D eigenvalue weighted by Gasteiger charge is 2.27.